The summed E-state index contributed by atoms with van der Waals surface area (Å²) in [5, 5.41) is 19.4. The Bertz CT molecular complexity index is 307. The molecule has 0 aliphatic carbocycles. The number of rotatable bonds is 2. The van der Waals surface area contributed by atoms with Crippen molar-refractivity contribution in [2.24, 2.45) is 11.7 Å². The van der Waals surface area contributed by atoms with Gasteiger partial charge < -0.3 is 0 Å². The van der Waals surface area contributed by atoms with Crippen LogP contribution in [-0.2, 0) is 0 Å². The van der Waals surface area contributed by atoms with E-state index in [9.17, 15) is 20.2 Å². The van der Waals surface area contributed by atoms with E-state index in [-0.39, 0.29) is 4.68 Å². The molecule has 0 unspecified atom stereocenters. The van der Waals surface area contributed by atoms with Crippen LogP contribution in [0.15, 0.2) is 18.6 Å². The molecule has 0 atom stereocenters. The minimum atomic E-state index is -0.903. The maximum absolute atomic E-state index is 10.2. The molecule has 0 aliphatic heterocycles. The van der Waals surface area contributed by atoms with E-state index in [4.69, 9.17) is 0 Å². The second-order valence-electron chi connectivity index (χ2n) is 1.77. The summed E-state index contributed by atoms with van der Waals surface area (Å²) < 4.78 is 0.285. The topological polar surface area (TPSA) is 155 Å². The fraction of sp³-hybridized carbons (Fsp3) is 0. The van der Waals surface area contributed by atoms with Crippen molar-refractivity contribution in [3.8, 4) is 0 Å². The van der Waals surface area contributed by atoms with Crippen LogP contribution in [0.5, 0.6) is 0 Å². The van der Waals surface area contributed by atoms with Crippen molar-refractivity contribution in [2.75, 3.05) is 0 Å². The Morgan fingerprint density at radius 3 is 2.29 bits per heavy atom. The van der Waals surface area contributed by atoms with E-state index in [2.05, 4.69) is 16.7 Å². The third-order valence-corrected chi connectivity index (χ3v) is 1.08. The van der Waals surface area contributed by atoms with E-state index in [0.717, 1.165) is 18.6 Å². The zero-order chi connectivity index (χ0) is 11.1. The maximum atomic E-state index is 10.2. The molecule has 1 aromatic rings. The lowest BCUT2D eigenvalue weighted by molar-refractivity contribution is -1.20. The van der Waals surface area contributed by atoms with Crippen LogP contribution in [0.1, 0.15) is 0 Å². The minimum absolute atomic E-state index is 0.285. The average molecular weight is 203 g/mol. The van der Waals surface area contributed by atoms with E-state index in [1.807, 2.05) is 0 Å². The number of nitro groups is 2. The summed E-state index contributed by atoms with van der Waals surface area (Å²) >= 11 is 0. The van der Waals surface area contributed by atoms with Gasteiger partial charge in [0.15, 0.2) is 10.9 Å². The Morgan fingerprint density at radius 2 is 1.93 bits per heavy atom. The lowest BCUT2D eigenvalue weighted by Gasteiger charge is -1.83. The molecule has 1 aromatic heterocycles. The second-order valence-corrected chi connectivity index (χ2v) is 1.77. The molecule has 0 saturated carbocycles. The first kappa shape index (κ1) is 11.8. The smallest absolute Gasteiger partial charge is 0.274 e. The van der Waals surface area contributed by atoms with Gasteiger partial charge >= 0.3 is 10.9 Å². The molecule has 0 radical (unpaired) electrons. The normalized spacial score (nSPS) is 8.43. The fourth-order valence-corrected chi connectivity index (χ4v) is 0.616. The van der Waals surface area contributed by atoms with Crippen molar-refractivity contribution in [3.05, 3.63) is 38.8 Å². The highest BCUT2D eigenvalue weighted by molar-refractivity contribution is 5.01. The van der Waals surface area contributed by atoms with Crippen molar-refractivity contribution < 1.29 is 14.6 Å². The minimum Gasteiger partial charge on any atom is -0.274 e. The monoisotopic (exact) mass is 203 g/mol. The molecular weight excluding hydrogens is 196 g/mol. The average Bonchev–Trinajstić information content (AvgIpc) is 2.20. The highest BCUT2D eigenvalue weighted by Crippen LogP contribution is 1.97. The quantitative estimate of drug-likeness (QED) is 0.247. The van der Waals surface area contributed by atoms with Gasteiger partial charge in [-0.05, 0) is 0 Å². The highest BCUT2D eigenvalue weighted by atomic mass is 16.7. The number of hydrogen-bond donors (Lipinski definition) is 2. The maximum Gasteiger partial charge on any atom is 0.588 e. The Balaban J connectivity index is 0.000000791. The molecule has 0 amide bonds. The Labute approximate surface area is 77.0 Å². The zero-order valence-electron chi connectivity index (χ0n) is 6.81. The second kappa shape index (κ2) is 5.45. The summed E-state index contributed by atoms with van der Waals surface area (Å²) in [6.45, 7) is 0. The highest BCUT2D eigenvalue weighted by Gasteiger charge is 2.31. The van der Waals surface area contributed by atoms with Gasteiger partial charge in [-0.1, -0.05) is 0 Å². The predicted octanol–water partition coefficient (Wildman–Crippen LogP) is -1.86. The molecule has 0 spiro atoms. The SMILES string of the molecule is NN.O=[N+]([O-])c1cncc[n+]1[N+](=O)[O-]. The van der Waals surface area contributed by atoms with E-state index >= 15 is 0 Å². The lowest BCUT2D eigenvalue weighted by Crippen LogP contribution is -2.44. The Morgan fingerprint density at radius 1 is 1.36 bits per heavy atom. The molecule has 14 heavy (non-hydrogen) atoms. The van der Waals surface area contributed by atoms with Crippen LogP contribution in [-0.4, -0.2) is 14.9 Å². The van der Waals surface area contributed by atoms with Gasteiger partial charge in [0.05, 0.1) is 6.20 Å². The van der Waals surface area contributed by atoms with Crippen LogP contribution in [0.4, 0.5) is 5.82 Å². The molecule has 0 aromatic carbocycles. The zero-order valence-corrected chi connectivity index (χ0v) is 6.81. The third kappa shape index (κ3) is 2.69. The van der Waals surface area contributed by atoms with Gasteiger partial charge in [0, 0.05) is 0 Å². The van der Waals surface area contributed by atoms with Crippen LogP contribution >= 0.6 is 0 Å². The van der Waals surface area contributed by atoms with Crippen LogP contribution in [0.25, 0.3) is 0 Å². The molecule has 1 rings (SSSR count). The standard InChI is InChI=1S/C4H3N4O4.H4N2/c9-7(10)4-3-5-1-2-6(4)8(11)12;1-2/h1-3H;1-2H2/q+1;. The molecule has 10 nitrogen and oxygen atoms in total. The lowest BCUT2D eigenvalue weighted by atomic mass is 10.7. The summed E-state index contributed by atoms with van der Waals surface area (Å²) in [6.07, 6.45) is 2.80. The number of nitrogens with two attached hydrogens (primary N) is 2. The summed E-state index contributed by atoms with van der Waals surface area (Å²) in [6, 6.07) is 0. The van der Waals surface area contributed by atoms with E-state index in [1.165, 1.54) is 0 Å². The molecule has 0 saturated heterocycles. The number of nitrogens with zero attached hydrogens (tertiary/aromatic N) is 4. The molecule has 0 bridgehead atoms. The van der Waals surface area contributed by atoms with Gasteiger partial charge in [0.25, 0.3) is 6.20 Å². The molecule has 1 heterocycles. The van der Waals surface area contributed by atoms with Gasteiger partial charge in [-0.25, -0.2) is 4.98 Å². The Hall–Kier alpha value is -2.20. The first-order valence-corrected chi connectivity index (χ1v) is 3.11. The van der Waals surface area contributed by atoms with Gasteiger partial charge in [-0.15, -0.1) is 0 Å². The van der Waals surface area contributed by atoms with Crippen molar-refractivity contribution in [1.82, 2.24) is 4.98 Å². The molecule has 76 valence electrons. The first-order valence-electron chi connectivity index (χ1n) is 3.11. The van der Waals surface area contributed by atoms with Crippen molar-refractivity contribution in [3.63, 3.8) is 0 Å². The van der Waals surface area contributed by atoms with Gasteiger partial charge in [-0.2, -0.15) is 10.1 Å². The van der Waals surface area contributed by atoms with Gasteiger partial charge in [0.2, 0.25) is 0 Å². The van der Waals surface area contributed by atoms with Crippen molar-refractivity contribution in [2.45, 2.75) is 0 Å². The molecule has 0 aliphatic rings. The van der Waals surface area contributed by atoms with Crippen LogP contribution < -0.4 is 16.4 Å². The van der Waals surface area contributed by atoms with Gasteiger partial charge in [0.1, 0.15) is 4.92 Å². The van der Waals surface area contributed by atoms with Crippen molar-refractivity contribution >= 4 is 5.82 Å². The van der Waals surface area contributed by atoms with Crippen molar-refractivity contribution in [1.29, 1.82) is 0 Å². The first-order chi connectivity index (χ1) is 6.63. The molecule has 4 N–H and O–H groups in total. The van der Waals surface area contributed by atoms with E-state index < -0.39 is 15.8 Å². The number of hydrazine groups is 1. The largest absolute Gasteiger partial charge is 0.588 e. The number of hydrogen-bond acceptors (Lipinski definition) is 7. The third-order valence-electron chi connectivity index (χ3n) is 1.08. The summed E-state index contributed by atoms with van der Waals surface area (Å²) in [5.74, 6) is 7.32. The summed E-state index contributed by atoms with van der Waals surface area (Å²) in [7, 11) is 0. The number of aromatic nitrogens is 2. The molecular formula is C4H7N6O4+. The van der Waals surface area contributed by atoms with Crippen LogP contribution in [0, 0.1) is 20.2 Å². The van der Waals surface area contributed by atoms with E-state index in [1.54, 1.807) is 0 Å². The fourth-order valence-electron chi connectivity index (χ4n) is 0.616. The molecule has 0 fully saturated rings. The Kier molecular flexibility index (Phi) is 4.59. The van der Waals surface area contributed by atoms with E-state index in [0.29, 0.717) is 0 Å². The van der Waals surface area contributed by atoms with Gasteiger partial charge in [-0.3, -0.25) is 21.8 Å². The van der Waals surface area contributed by atoms with Crippen LogP contribution in [0.2, 0.25) is 0 Å². The predicted molar refractivity (Wildman–Crippen MR) is 41.9 cm³/mol. The summed E-state index contributed by atoms with van der Waals surface area (Å²) in [4.78, 5) is 22.8. The summed E-state index contributed by atoms with van der Waals surface area (Å²) in [5.41, 5.74) is 0. The van der Waals surface area contributed by atoms with Crippen LogP contribution in [0.3, 0.4) is 0 Å². The molecule has 10 heteroatoms.